The Morgan fingerprint density at radius 2 is 1.30 bits per heavy atom. The van der Waals surface area contributed by atoms with Crippen molar-refractivity contribution in [2.75, 3.05) is 0 Å². The average Bonchev–Trinajstić information content (AvgIpc) is 2.80. The average molecular weight is 514 g/mol. The van der Waals surface area contributed by atoms with E-state index in [2.05, 4.69) is 103 Å². The van der Waals surface area contributed by atoms with E-state index in [-0.39, 0.29) is 64.0 Å². The van der Waals surface area contributed by atoms with Crippen LogP contribution in [0.3, 0.4) is 0 Å². The zero-order valence-electron chi connectivity index (χ0n) is 19.0. The molecule has 0 aliphatic heterocycles. The summed E-state index contributed by atoms with van der Waals surface area (Å²) in [5.74, 6) is 0. The summed E-state index contributed by atoms with van der Waals surface area (Å²) < 4.78 is 0. The molecule has 0 aromatic heterocycles. The zero-order valence-corrected chi connectivity index (χ0v) is 23.8. The minimum Gasteiger partial charge on any atom is -1.00 e. The van der Waals surface area contributed by atoms with Crippen molar-refractivity contribution in [1.82, 2.24) is 0 Å². The van der Waals surface area contributed by atoms with Gasteiger partial charge in [-0.1, -0.05) is 109 Å². The van der Waals surface area contributed by atoms with Crippen LogP contribution in [0.5, 0.6) is 0 Å². The Bertz CT molecular complexity index is 888. The van der Waals surface area contributed by atoms with Crippen LogP contribution in [0, 0.1) is 19.9 Å². The van der Waals surface area contributed by atoms with Crippen LogP contribution in [-0.4, -0.2) is 8.07 Å². The van der Waals surface area contributed by atoms with E-state index < -0.39 is 8.07 Å². The van der Waals surface area contributed by atoms with Crippen LogP contribution in [0.1, 0.15) is 45.7 Å². The normalized spacial score (nSPS) is 19.4. The van der Waals surface area contributed by atoms with Crippen LogP contribution in [0.2, 0.25) is 11.1 Å². The third-order valence-corrected chi connectivity index (χ3v) is 12.5. The molecular weight excluding hydrogens is 483 g/mol. The van der Waals surface area contributed by atoms with Crippen LogP contribution in [-0.2, 0) is 21.7 Å². The minimum atomic E-state index is -2.11. The van der Waals surface area contributed by atoms with Crippen molar-refractivity contribution in [2.45, 2.75) is 59.5 Å². The first-order valence-corrected chi connectivity index (χ1v) is 11.9. The Morgan fingerprint density at radius 3 is 1.70 bits per heavy atom. The van der Waals surface area contributed by atoms with Crippen LogP contribution >= 0.6 is 0 Å². The molecule has 1 aliphatic carbocycles. The Balaban J connectivity index is 0. The second kappa shape index (κ2) is 12.1. The monoisotopic (exact) mass is 512 g/mol. The quantitative estimate of drug-likeness (QED) is 0.298. The van der Waals surface area contributed by atoms with Crippen LogP contribution in [0.15, 0.2) is 65.3 Å². The summed E-state index contributed by atoms with van der Waals surface area (Å²) in [5, 5.41) is 3.04. The summed E-state index contributed by atoms with van der Waals surface area (Å²) >= 11 is 0. The third-order valence-electron chi connectivity index (χ3n) is 6.68. The van der Waals surface area contributed by atoms with Crippen LogP contribution < -0.4 is 47.6 Å². The summed E-state index contributed by atoms with van der Waals surface area (Å²) in [6.45, 7) is 16.1. The zero-order chi connectivity index (χ0) is 19.1. The second-order valence-corrected chi connectivity index (χ2v) is 12.8. The Labute approximate surface area is 218 Å². The van der Waals surface area contributed by atoms with E-state index in [1.54, 1.807) is 5.19 Å². The number of allylic oxidation sites excluding steroid dienone is 4. The van der Waals surface area contributed by atoms with Gasteiger partial charge >= 0.3 is 21.7 Å². The van der Waals surface area contributed by atoms with E-state index >= 15 is 0 Å². The van der Waals surface area contributed by atoms with Crippen molar-refractivity contribution < 1.29 is 58.9 Å². The standard InChI is InChI=1S/C25H31Si.3ClH.Ti/c1-8-26(23-12-10-9-11-13-23,24-15-18(2)14-19(3)16-24)25(7)17-20(4)21(5)22(25)6;;;;/h9-16H,8H2,1-7H3;3*1H;/q-1;;;;+4/p-3. The van der Waals surface area contributed by atoms with E-state index in [1.165, 1.54) is 39.1 Å². The topological polar surface area (TPSA) is 0 Å². The smallest absolute Gasteiger partial charge is 1.00 e. The largest absolute Gasteiger partial charge is 4.00 e. The predicted molar refractivity (Wildman–Crippen MR) is 117 cm³/mol. The van der Waals surface area contributed by atoms with Gasteiger partial charge in [-0.2, -0.15) is 11.1 Å². The predicted octanol–water partition coefficient (Wildman–Crippen LogP) is -3.24. The van der Waals surface area contributed by atoms with E-state index in [9.17, 15) is 0 Å². The molecule has 30 heavy (non-hydrogen) atoms. The number of rotatable bonds is 4. The molecule has 0 bridgehead atoms. The molecule has 2 aromatic carbocycles. The molecule has 1 aliphatic rings. The molecular formula is C25H31Cl3SiTi. The first kappa shape index (κ1) is 31.9. The molecule has 0 amide bonds. The van der Waals surface area contributed by atoms with Gasteiger partial charge in [0.05, 0.1) is 0 Å². The number of hydrogen-bond donors (Lipinski definition) is 0. The summed E-state index contributed by atoms with van der Waals surface area (Å²) in [5.41, 5.74) is 6.99. The van der Waals surface area contributed by atoms with Crippen molar-refractivity contribution in [3.8, 4) is 0 Å². The first-order valence-electron chi connectivity index (χ1n) is 9.70. The van der Waals surface area contributed by atoms with Gasteiger partial charge in [-0.3, -0.25) is 6.08 Å². The van der Waals surface area contributed by atoms with Crippen LogP contribution in [0.4, 0.5) is 0 Å². The van der Waals surface area contributed by atoms with Gasteiger partial charge in [-0.05, 0) is 13.8 Å². The Kier molecular flexibility index (Phi) is 12.9. The summed E-state index contributed by atoms with van der Waals surface area (Å²) in [6.07, 6.45) is 3.96. The summed E-state index contributed by atoms with van der Waals surface area (Å²) in [6, 6.07) is 19.6. The number of benzene rings is 2. The molecule has 0 N–H and O–H groups in total. The molecule has 0 saturated heterocycles. The van der Waals surface area contributed by atoms with Gasteiger partial charge < -0.3 is 37.2 Å². The Hall–Kier alpha value is -0.279. The van der Waals surface area contributed by atoms with E-state index in [1.807, 2.05) is 0 Å². The molecule has 160 valence electrons. The fraction of sp³-hybridized carbons (Fsp3) is 0.360. The van der Waals surface area contributed by atoms with Gasteiger partial charge in [0.15, 0.2) is 0 Å². The molecule has 0 radical (unpaired) electrons. The number of halogens is 3. The molecule has 0 fully saturated rings. The Morgan fingerprint density at radius 1 is 0.800 bits per heavy atom. The maximum Gasteiger partial charge on any atom is 4.00 e. The van der Waals surface area contributed by atoms with E-state index in [0.717, 1.165) is 0 Å². The van der Waals surface area contributed by atoms with Crippen molar-refractivity contribution in [3.63, 3.8) is 0 Å². The number of aryl methyl sites for hydroxylation is 2. The SMILES string of the molecule is CC[Si](c1ccccc1)(c1cc(C)cc(C)c1)C1(C)[C-]=C(C)C(C)=C1C.[Cl-].[Cl-].[Cl-].[Ti+4]. The fourth-order valence-corrected chi connectivity index (χ4v) is 11.0. The van der Waals surface area contributed by atoms with Gasteiger partial charge in [-0.25, -0.2) is 5.57 Å². The maximum absolute atomic E-state index is 3.96. The molecule has 3 rings (SSSR count). The fourth-order valence-electron chi connectivity index (χ4n) is 5.10. The second-order valence-electron chi connectivity index (χ2n) is 8.13. The van der Waals surface area contributed by atoms with E-state index in [4.69, 9.17) is 0 Å². The molecule has 0 nitrogen and oxygen atoms in total. The minimum absolute atomic E-state index is 0. The third kappa shape index (κ3) is 5.03. The molecule has 5 heteroatoms. The molecule has 2 unspecified atom stereocenters. The van der Waals surface area contributed by atoms with Gasteiger partial charge in [0, 0.05) is 0 Å². The molecule has 2 aromatic rings. The van der Waals surface area contributed by atoms with Crippen LogP contribution in [0.25, 0.3) is 0 Å². The van der Waals surface area contributed by atoms with Gasteiger partial charge in [0.2, 0.25) is 0 Å². The first-order chi connectivity index (χ1) is 12.3. The molecule has 0 spiro atoms. The van der Waals surface area contributed by atoms with Crippen molar-refractivity contribution >= 4 is 18.4 Å². The maximum atomic E-state index is 3.96. The van der Waals surface area contributed by atoms with Gasteiger partial charge in [-0.15, -0.1) is 6.92 Å². The molecule has 0 saturated carbocycles. The summed E-state index contributed by atoms with van der Waals surface area (Å²) in [4.78, 5) is 0. The molecule has 0 heterocycles. The van der Waals surface area contributed by atoms with Crippen molar-refractivity contribution in [1.29, 1.82) is 0 Å². The molecule has 2 atom stereocenters. The van der Waals surface area contributed by atoms with E-state index in [0.29, 0.717) is 0 Å². The van der Waals surface area contributed by atoms with Gasteiger partial charge in [0.25, 0.3) is 0 Å². The van der Waals surface area contributed by atoms with Crippen molar-refractivity contribution in [3.05, 3.63) is 82.5 Å². The number of hydrogen-bond acceptors (Lipinski definition) is 0. The van der Waals surface area contributed by atoms with Gasteiger partial charge in [0.1, 0.15) is 8.07 Å². The van der Waals surface area contributed by atoms with Crippen molar-refractivity contribution in [2.24, 2.45) is 0 Å². The summed E-state index contributed by atoms with van der Waals surface area (Å²) in [7, 11) is -2.11.